The maximum atomic E-state index is 12.9. The molecule has 1 N–H and O–H groups in total. The van der Waals surface area contributed by atoms with Gasteiger partial charge in [-0.1, -0.05) is 18.2 Å². The van der Waals surface area contributed by atoms with Crippen molar-refractivity contribution in [1.82, 2.24) is 4.98 Å². The average molecular weight is 384 g/mol. The number of nitrogens with one attached hydrogen (secondary N) is 1. The van der Waals surface area contributed by atoms with Crippen molar-refractivity contribution in [2.75, 3.05) is 12.1 Å². The van der Waals surface area contributed by atoms with E-state index < -0.39 is 0 Å². The number of nitrogens with zero attached hydrogens (tertiary/aromatic N) is 1. The molecular weight excluding hydrogens is 367 g/mol. The zero-order valence-corrected chi connectivity index (χ0v) is 15.4. The summed E-state index contributed by atoms with van der Waals surface area (Å²) in [5.41, 5.74) is 2.73. The lowest BCUT2D eigenvalue weighted by molar-refractivity contribution is -0.115. The molecule has 1 aliphatic heterocycles. The Balaban J connectivity index is 1.42. The van der Waals surface area contributed by atoms with Crippen molar-refractivity contribution >= 4 is 22.4 Å². The number of carbonyl (C=O) groups excluding carboxylic acids is 1. The van der Waals surface area contributed by atoms with Crippen LogP contribution in [-0.2, 0) is 17.6 Å². The lowest BCUT2D eigenvalue weighted by Crippen LogP contribution is -2.14. The summed E-state index contributed by atoms with van der Waals surface area (Å²) in [6.45, 7) is 2.18. The molecule has 0 aliphatic carbocycles. The Labute approximate surface area is 159 Å². The van der Waals surface area contributed by atoms with Gasteiger partial charge in [-0.05, 0) is 42.3 Å². The molecule has 27 heavy (non-hydrogen) atoms. The molecule has 1 aliphatic rings. The van der Waals surface area contributed by atoms with E-state index in [1.165, 1.54) is 23.5 Å². The smallest absolute Gasteiger partial charge is 0.231 e. The number of hydrogen-bond acceptors (Lipinski definition) is 5. The van der Waals surface area contributed by atoms with Crippen LogP contribution < -0.4 is 14.8 Å². The monoisotopic (exact) mass is 384 g/mol. The normalized spacial score (nSPS) is 12.2. The zero-order chi connectivity index (χ0) is 18.8. The maximum Gasteiger partial charge on any atom is 0.231 e. The van der Waals surface area contributed by atoms with Crippen LogP contribution in [0.5, 0.6) is 11.5 Å². The lowest BCUT2D eigenvalue weighted by Gasteiger charge is -2.02. The van der Waals surface area contributed by atoms with Crippen LogP contribution in [0, 0.1) is 12.7 Å². The van der Waals surface area contributed by atoms with Crippen molar-refractivity contribution in [3.05, 3.63) is 70.0 Å². The molecule has 0 saturated heterocycles. The van der Waals surface area contributed by atoms with Crippen molar-refractivity contribution < 1.29 is 18.7 Å². The first kappa shape index (κ1) is 17.5. The molecule has 3 aromatic rings. The molecule has 4 rings (SSSR count). The van der Waals surface area contributed by atoms with Crippen LogP contribution in [-0.4, -0.2) is 17.7 Å². The molecule has 0 bridgehead atoms. The number of carbonyl (C=O) groups is 1. The second-order valence-corrected chi connectivity index (χ2v) is 7.33. The van der Waals surface area contributed by atoms with E-state index in [1.807, 2.05) is 25.1 Å². The topological polar surface area (TPSA) is 60.5 Å². The van der Waals surface area contributed by atoms with E-state index >= 15 is 0 Å². The largest absolute Gasteiger partial charge is 0.454 e. The van der Waals surface area contributed by atoms with Gasteiger partial charge in [0.25, 0.3) is 0 Å². The van der Waals surface area contributed by atoms with Gasteiger partial charge in [-0.2, -0.15) is 0 Å². The minimum absolute atomic E-state index is 0.176. The Morgan fingerprint density at radius 2 is 1.89 bits per heavy atom. The fourth-order valence-electron chi connectivity index (χ4n) is 2.83. The van der Waals surface area contributed by atoms with E-state index in [2.05, 4.69) is 10.3 Å². The first-order valence-corrected chi connectivity index (χ1v) is 9.27. The Kier molecular flexibility index (Phi) is 4.77. The Bertz CT molecular complexity index is 985. The van der Waals surface area contributed by atoms with Gasteiger partial charge < -0.3 is 14.8 Å². The number of aryl methyl sites for hydroxylation is 1. The summed E-state index contributed by atoms with van der Waals surface area (Å²) in [4.78, 5) is 17.7. The van der Waals surface area contributed by atoms with E-state index in [9.17, 15) is 9.18 Å². The molecule has 2 aromatic carbocycles. The summed E-state index contributed by atoms with van der Waals surface area (Å²) in [5.74, 6) is 1.02. The summed E-state index contributed by atoms with van der Waals surface area (Å²) in [6, 6.07) is 11.8. The van der Waals surface area contributed by atoms with E-state index in [0.29, 0.717) is 11.6 Å². The third kappa shape index (κ3) is 4.09. The molecule has 7 heteroatoms. The molecular formula is C20H17FN2O3S. The summed E-state index contributed by atoms with van der Waals surface area (Å²) < 4.78 is 23.7. The third-order valence-corrected chi connectivity index (χ3v) is 5.29. The van der Waals surface area contributed by atoms with Crippen LogP contribution in [0.3, 0.4) is 0 Å². The maximum absolute atomic E-state index is 12.9. The molecule has 0 spiro atoms. The van der Waals surface area contributed by atoms with E-state index in [1.54, 1.807) is 12.1 Å². The first-order chi connectivity index (χ1) is 13.1. The van der Waals surface area contributed by atoms with Gasteiger partial charge in [0.15, 0.2) is 16.6 Å². The number of ether oxygens (including phenoxy) is 2. The van der Waals surface area contributed by atoms with Crippen molar-refractivity contribution in [3.8, 4) is 11.5 Å². The van der Waals surface area contributed by atoms with Crippen LogP contribution in [0.25, 0.3) is 0 Å². The molecule has 2 heterocycles. The highest BCUT2D eigenvalue weighted by Gasteiger charge is 2.16. The first-order valence-electron chi connectivity index (χ1n) is 8.46. The minimum atomic E-state index is -0.317. The summed E-state index contributed by atoms with van der Waals surface area (Å²) in [5, 5.41) is 3.39. The number of thiazole rings is 1. The van der Waals surface area contributed by atoms with Crippen LogP contribution in [0.2, 0.25) is 0 Å². The highest BCUT2D eigenvalue weighted by atomic mass is 32.1. The van der Waals surface area contributed by atoms with Crippen molar-refractivity contribution in [1.29, 1.82) is 0 Å². The molecule has 1 aromatic heterocycles. The van der Waals surface area contributed by atoms with E-state index in [0.717, 1.165) is 33.2 Å². The standard InChI is InChI=1S/C20H17FN2O3S/c1-12-18(9-14-4-7-16-17(8-14)26-11-25-16)27-20(22-12)23-19(24)10-13-2-5-15(21)6-3-13/h2-8H,9-11H2,1H3,(H,22,23,24). The Hall–Kier alpha value is -2.93. The lowest BCUT2D eigenvalue weighted by atomic mass is 10.1. The second kappa shape index (κ2) is 7.36. The van der Waals surface area contributed by atoms with Gasteiger partial charge in [0.2, 0.25) is 12.7 Å². The Morgan fingerprint density at radius 1 is 1.15 bits per heavy atom. The highest BCUT2D eigenvalue weighted by molar-refractivity contribution is 7.15. The second-order valence-electron chi connectivity index (χ2n) is 6.24. The van der Waals surface area contributed by atoms with Gasteiger partial charge in [-0.15, -0.1) is 11.3 Å². The fourth-order valence-corrected chi connectivity index (χ4v) is 3.85. The average Bonchev–Trinajstić information content (AvgIpc) is 3.23. The molecule has 0 atom stereocenters. The van der Waals surface area contributed by atoms with Crippen molar-refractivity contribution in [2.24, 2.45) is 0 Å². The molecule has 0 saturated carbocycles. The number of aromatic nitrogens is 1. The van der Waals surface area contributed by atoms with Crippen LogP contribution in [0.1, 0.15) is 21.7 Å². The molecule has 138 valence electrons. The SMILES string of the molecule is Cc1nc(NC(=O)Cc2ccc(F)cc2)sc1Cc1ccc2c(c1)OCO2. The highest BCUT2D eigenvalue weighted by Crippen LogP contribution is 2.34. The number of fused-ring (bicyclic) bond motifs is 1. The molecule has 0 unspecified atom stereocenters. The van der Waals surface area contributed by atoms with Gasteiger partial charge in [0, 0.05) is 11.3 Å². The van der Waals surface area contributed by atoms with Crippen LogP contribution >= 0.6 is 11.3 Å². The summed E-state index contributed by atoms with van der Waals surface area (Å²) >= 11 is 1.45. The molecule has 0 radical (unpaired) electrons. The van der Waals surface area contributed by atoms with Crippen LogP contribution in [0.15, 0.2) is 42.5 Å². The third-order valence-electron chi connectivity index (χ3n) is 4.22. The summed E-state index contributed by atoms with van der Waals surface area (Å²) in [6.07, 6.45) is 0.879. The number of benzene rings is 2. The Morgan fingerprint density at radius 3 is 2.70 bits per heavy atom. The predicted octanol–water partition coefficient (Wildman–Crippen LogP) is 4.09. The fraction of sp³-hybridized carbons (Fsp3) is 0.200. The van der Waals surface area contributed by atoms with Gasteiger partial charge in [0.1, 0.15) is 5.82 Å². The number of anilines is 1. The molecule has 5 nitrogen and oxygen atoms in total. The predicted molar refractivity (Wildman–Crippen MR) is 101 cm³/mol. The van der Waals surface area contributed by atoms with E-state index in [4.69, 9.17) is 9.47 Å². The van der Waals surface area contributed by atoms with Crippen molar-refractivity contribution in [3.63, 3.8) is 0 Å². The van der Waals surface area contributed by atoms with Gasteiger partial charge in [-0.3, -0.25) is 4.79 Å². The van der Waals surface area contributed by atoms with Crippen molar-refractivity contribution in [2.45, 2.75) is 19.8 Å². The number of rotatable bonds is 5. The molecule has 1 amide bonds. The van der Waals surface area contributed by atoms with Crippen LogP contribution in [0.4, 0.5) is 9.52 Å². The minimum Gasteiger partial charge on any atom is -0.454 e. The summed E-state index contributed by atoms with van der Waals surface area (Å²) in [7, 11) is 0. The number of halogens is 1. The van der Waals surface area contributed by atoms with Gasteiger partial charge in [-0.25, -0.2) is 9.37 Å². The number of amides is 1. The quantitative estimate of drug-likeness (QED) is 0.720. The molecule has 0 fully saturated rings. The number of hydrogen-bond donors (Lipinski definition) is 1. The van der Waals surface area contributed by atoms with Gasteiger partial charge >= 0.3 is 0 Å². The van der Waals surface area contributed by atoms with E-state index in [-0.39, 0.29) is 24.9 Å². The van der Waals surface area contributed by atoms with Gasteiger partial charge in [0.05, 0.1) is 12.1 Å². The zero-order valence-electron chi connectivity index (χ0n) is 14.6.